The van der Waals surface area contributed by atoms with Crippen molar-refractivity contribution in [2.45, 2.75) is 63.0 Å². The van der Waals surface area contributed by atoms with E-state index >= 15 is 0 Å². The zero-order chi connectivity index (χ0) is 23.9. The largest absolute Gasteiger partial charge is 0.323 e. The second-order valence-corrected chi connectivity index (χ2v) is 9.74. The van der Waals surface area contributed by atoms with Gasteiger partial charge in [-0.2, -0.15) is 8.42 Å². The van der Waals surface area contributed by atoms with Crippen molar-refractivity contribution < 1.29 is 21.8 Å². The lowest BCUT2D eigenvalue weighted by atomic mass is 10.2. The highest BCUT2D eigenvalue weighted by Crippen LogP contribution is 2.28. The van der Waals surface area contributed by atoms with E-state index in [1.54, 1.807) is 6.07 Å². The predicted octanol–water partition coefficient (Wildman–Crippen LogP) is 7.25. The van der Waals surface area contributed by atoms with Gasteiger partial charge in [0.2, 0.25) is 0 Å². The van der Waals surface area contributed by atoms with E-state index in [4.69, 9.17) is 13.4 Å². The first kappa shape index (κ1) is 27.1. The van der Waals surface area contributed by atoms with E-state index in [1.165, 1.54) is 31.4 Å². The molecule has 0 bridgehead atoms. The predicted molar refractivity (Wildman–Crippen MR) is 133 cm³/mol. The van der Waals surface area contributed by atoms with Crippen LogP contribution in [-0.4, -0.2) is 8.42 Å². The lowest BCUT2D eigenvalue weighted by Gasteiger charge is -2.09. The van der Waals surface area contributed by atoms with Crippen molar-refractivity contribution in [3.8, 4) is 0 Å². The third-order valence-corrected chi connectivity index (χ3v) is 6.54. The number of hydrogen-bond acceptors (Lipinski definition) is 6. The monoisotopic (exact) mass is 488 g/mol. The minimum atomic E-state index is -4.04. The molecule has 0 saturated heterocycles. The molecule has 5 nitrogen and oxygen atoms in total. The van der Waals surface area contributed by atoms with E-state index in [-0.39, 0.29) is 11.5 Å². The lowest BCUT2D eigenvalue weighted by Crippen LogP contribution is -2.08. The van der Waals surface area contributed by atoms with E-state index in [9.17, 15) is 8.42 Å². The molecule has 7 heteroatoms. The Bertz CT molecular complexity index is 1040. The van der Waals surface area contributed by atoms with Gasteiger partial charge >= 0.3 is 10.1 Å². The molecule has 0 heterocycles. The van der Waals surface area contributed by atoms with Crippen LogP contribution in [0.3, 0.4) is 0 Å². The van der Waals surface area contributed by atoms with Crippen molar-refractivity contribution >= 4 is 22.2 Å². The van der Waals surface area contributed by atoms with Crippen molar-refractivity contribution in [3.63, 3.8) is 0 Å². The Labute approximate surface area is 202 Å². The van der Waals surface area contributed by atoms with Gasteiger partial charge in [-0.25, -0.2) is 4.89 Å². The molecule has 0 atom stereocenters. The van der Waals surface area contributed by atoms with Crippen LogP contribution in [0.1, 0.15) is 49.8 Å². The Kier molecular flexibility index (Phi) is 12.2. The fourth-order valence-corrected chi connectivity index (χ4v) is 4.20. The average molecular weight is 489 g/mol. The molecule has 0 aliphatic heterocycles. The molecular weight excluding hydrogens is 456 g/mol. The van der Waals surface area contributed by atoms with E-state index in [2.05, 4.69) is 13.8 Å². The minimum Gasteiger partial charge on any atom is -0.305 e. The molecule has 0 N–H and O–H groups in total. The summed E-state index contributed by atoms with van der Waals surface area (Å²) in [6.45, 7) is 6.76. The van der Waals surface area contributed by atoms with E-state index in [0.717, 1.165) is 28.7 Å². The van der Waals surface area contributed by atoms with Crippen molar-refractivity contribution in [2.24, 2.45) is 0 Å². The molecule has 178 valence electrons. The molecule has 3 aromatic rings. The SMILES string of the molecule is CCCCC.Cc1ccc(S(=O)(=O)OOCc2ccccc2)cc1SOCc1ccccc1. The van der Waals surface area contributed by atoms with Crippen LogP contribution in [0.2, 0.25) is 0 Å². The fraction of sp³-hybridized carbons (Fsp3) is 0.308. The molecule has 0 unspecified atom stereocenters. The van der Waals surface area contributed by atoms with Crippen molar-refractivity contribution in [3.05, 3.63) is 95.6 Å². The van der Waals surface area contributed by atoms with Gasteiger partial charge in [-0.05, 0) is 35.7 Å². The Morgan fingerprint density at radius 3 is 1.91 bits per heavy atom. The summed E-state index contributed by atoms with van der Waals surface area (Å²) in [5.41, 5.74) is 2.75. The van der Waals surface area contributed by atoms with Crippen LogP contribution in [0.5, 0.6) is 0 Å². The van der Waals surface area contributed by atoms with Crippen LogP contribution < -0.4 is 0 Å². The Morgan fingerprint density at radius 2 is 1.36 bits per heavy atom. The molecule has 0 fully saturated rings. The Hall–Kier alpha value is -2.16. The molecule has 0 radical (unpaired) electrons. The summed E-state index contributed by atoms with van der Waals surface area (Å²) >= 11 is 1.13. The van der Waals surface area contributed by atoms with Gasteiger partial charge < -0.3 is 4.18 Å². The highest BCUT2D eigenvalue weighted by Gasteiger charge is 2.18. The molecule has 0 amide bonds. The maximum Gasteiger partial charge on any atom is 0.323 e. The van der Waals surface area contributed by atoms with Crippen LogP contribution in [-0.2, 0) is 36.7 Å². The quantitative estimate of drug-likeness (QED) is 0.161. The van der Waals surface area contributed by atoms with Crippen molar-refractivity contribution in [1.29, 1.82) is 0 Å². The van der Waals surface area contributed by atoms with Gasteiger partial charge in [-0.15, -0.1) is 4.33 Å². The van der Waals surface area contributed by atoms with Crippen LogP contribution in [0.25, 0.3) is 0 Å². The Morgan fingerprint density at radius 1 is 0.788 bits per heavy atom. The van der Waals surface area contributed by atoms with Crippen LogP contribution in [0.4, 0.5) is 0 Å². The van der Waals surface area contributed by atoms with Crippen LogP contribution in [0.15, 0.2) is 88.7 Å². The highest BCUT2D eigenvalue weighted by atomic mass is 32.2. The average Bonchev–Trinajstić information content (AvgIpc) is 2.82. The number of rotatable bonds is 11. The smallest absolute Gasteiger partial charge is 0.305 e. The maximum absolute atomic E-state index is 12.4. The van der Waals surface area contributed by atoms with E-state index < -0.39 is 10.1 Å². The second kappa shape index (κ2) is 14.9. The molecule has 33 heavy (non-hydrogen) atoms. The second-order valence-electron chi connectivity index (χ2n) is 7.38. The van der Waals surface area contributed by atoms with E-state index in [0.29, 0.717) is 11.5 Å². The first-order chi connectivity index (χ1) is 16.0. The molecule has 0 spiro atoms. The molecule has 0 aliphatic rings. The third kappa shape index (κ3) is 10.1. The standard InChI is InChI=1S/C21H20O5S2.C5H12/c1-17-12-13-20(14-21(17)27-25-16-19-10-6-3-7-11-19)28(22,23)26-24-15-18-8-4-2-5-9-18;1-3-5-4-2/h2-14H,15-16H2,1H3;3-5H2,1-2H3. The van der Waals surface area contributed by atoms with Gasteiger partial charge in [0.25, 0.3) is 0 Å². The topological polar surface area (TPSA) is 61.8 Å². The Balaban J connectivity index is 0.000000696. The molecular formula is C26H32O5S2. The first-order valence-electron chi connectivity index (χ1n) is 11.0. The molecule has 3 aromatic carbocycles. The number of hydrogen-bond donors (Lipinski definition) is 0. The summed E-state index contributed by atoms with van der Waals surface area (Å²) in [5, 5.41) is 0. The lowest BCUT2D eigenvalue weighted by molar-refractivity contribution is -0.212. The van der Waals surface area contributed by atoms with E-state index in [1.807, 2.05) is 67.6 Å². The highest BCUT2D eigenvalue weighted by molar-refractivity contribution is 7.94. The zero-order valence-corrected chi connectivity index (χ0v) is 21.0. The molecule has 0 aliphatic carbocycles. The van der Waals surface area contributed by atoms with Gasteiger partial charge in [0.1, 0.15) is 6.61 Å². The third-order valence-electron chi connectivity index (χ3n) is 4.58. The zero-order valence-electron chi connectivity index (χ0n) is 19.4. The van der Waals surface area contributed by atoms with Crippen LogP contribution >= 0.6 is 12.0 Å². The summed E-state index contributed by atoms with van der Waals surface area (Å²) in [7, 11) is -4.04. The van der Waals surface area contributed by atoms with Crippen molar-refractivity contribution in [1.82, 2.24) is 0 Å². The van der Waals surface area contributed by atoms with Gasteiger partial charge in [-0.3, -0.25) is 0 Å². The summed E-state index contributed by atoms with van der Waals surface area (Å²) < 4.78 is 35.1. The van der Waals surface area contributed by atoms with Gasteiger partial charge in [0.15, 0.2) is 0 Å². The molecule has 0 aromatic heterocycles. The molecule has 3 rings (SSSR count). The van der Waals surface area contributed by atoms with Crippen molar-refractivity contribution in [2.75, 3.05) is 0 Å². The minimum absolute atomic E-state index is 0.0111. The summed E-state index contributed by atoms with van der Waals surface area (Å²) in [6.07, 6.45) is 4.08. The number of aryl methyl sites for hydroxylation is 1. The van der Waals surface area contributed by atoms with Crippen LogP contribution in [0, 0.1) is 6.92 Å². The molecule has 0 saturated carbocycles. The van der Waals surface area contributed by atoms with Gasteiger partial charge in [0.05, 0.1) is 11.5 Å². The van der Waals surface area contributed by atoms with Gasteiger partial charge in [0, 0.05) is 16.9 Å². The summed E-state index contributed by atoms with van der Waals surface area (Å²) in [4.78, 5) is 5.63. The normalized spacial score (nSPS) is 11.0. The fourth-order valence-electron chi connectivity index (χ4n) is 2.68. The summed E-state index contributed by atoms with van der Waals surface area (Å²) in [5.74, 6) is 0. The number of benzene rings is 3. The number of unbranched alkanes of at least 4 members (excludes halogenated alkanes) is 2. The first-order valence-corrected chi connectivity index (χ1v) is 13.1. The summed E-state index contributed by atoms with van der Waals surface area (Å²) in [6, 6.07) is 23.6. The van der Waals surface area contributed by atoms with Gasteiger partial charge in [-0.1, -0.05) is 99.8 Å². The maximum atomic E-state index is 12.4.